The minimum atomic E-state index is 0.654. The summed E-state index contributed by atoms with van der Waals surface area (Å²) in [6, 6.07) is 14.3. The van der Waals surface area contributed by atoms with E-state index in [2.05, 4.69) is 37.2 Å². The summed E-state index contributed by atoms with van der Waals surface area (Å²) in [6.45, 7) is 4.32. The molecule has 0 radical (unpaired) electrons. The number of guanidine groups is 1. The molecule has 0 aliphatic carbocycles. The molecule has 7 nitrogen and oxygen atoms in total. The first-order valence-electron chi connectivity index (χ1n) is 9.59. The van der Waals surface area contributed by atoms with Crippen LogP contribution in [0.15, 0.2) is 47.5 Å². The van der Waals surface area contributed by atoms with Gasteiger partial charge in [0.15, 0.2) is 5.96 Å². The monoisotopic (exact) mass is 382 g/mol. The molecule has 7 heteroatoms. The Kier molecular flexibility index (Phi) is 6.57. The summed E-state index contributed by atoms with van der Waals surface area (Å²) < 4.78 is 5.51. The Morgan fingerprint density at radius 2 is 1.86 bits per heavy atom. The normalized spacial score (nSPS) is 14.8. The summed E-state index contributed by atoms with van der Waals surface area (Å²) in [5, 5.41) is 3.45. The molecule has 0 saturated carbocycles. The number of methoxy groups -OCH3 is 1. The summed E-state index contributed by atoms with van der Waals surface area (Å²) in [6.07, 6.45) is 0. The molecule has 0 bridgehead atoms. The van der Waals surface area contributed by atoms with Crippen molar-refractivity contribution in [3.8, 4) is 5.75 Å². The van der Waals surface area contributed by atoms with E-state index in [0.29, 0.717) is 6.54 Å². The van der Waals surface area contributed by atoms with Crippen LogP contribution in [0.3, 0.4) is 0 Å². The molecular formula is C21H30N6O. The molecule has 0 spiro atoms. The van der Waals surface area contributed by atoms with Crippen molar-refractivity contribution in [1.29, 1.82) is 0 Å². The lowest BCUT2D eigenvalue weighted by Gasteiger charge is -2.38. The molecule has 1 aliphatic heterocycles. The Hall–Kier alpha value is -2.96. The molecule has 1 fully saturated rings. The fraction of sp³-hybridized carbons (Fsp3) is 0.429. The number of aromatic nitrogens is 1. The van der Waals surface area contributed by atoms with E-state index in [1.54, 1.807) is 7.11 Å². The summed E-state index contributed by atoms with van der Waals surface area (Å²) in [7, 11) is 7.55. The van der Waals surface area contributed by atoms with Gasteiger partial charge in [-0.1, -0.05) is 18.2 Å². The van der Waals surface area contributed by atoms with Crippen molar-refractivity contribution < 1.29 is 4.74 Å². The molecular weight excluding hydrogens is 352 g/mol. The summed E-state index contributed by atoms with van der Waals surface area (Å²) >= 11 is 0. The van der Waals surface area contributed by atoms with Crippen molar-refractivity contribution in [2.45, 2.75) is 6.54 Å². The third-order valence-corrected chi connectivity index (χ3v) is 4.89. The molecule has 0 atom stereocenters. The highest BCUT2D eigenvalue weighted by molar-refractivity contribution is 5.80. The standard InChI is InChI=1S/C21H30N6O/c1-22-21(23-16-17-8-7-11-20(24-17)25(2)3)27-14-12-26(13-15-27)18-9-5-6-10-19(18)28-4/h5-11H,12-16H2,1-4H3,(H,22,23). The maximum atomic E-state index is 5.51. The van der Waals surface area contributed by atoms with Crippen molar-refractivity contribution in [3.63, 3.8) is 0 Å². The van der Waals surface area contributed by atoms with Crippen LogP contribution < -0.4 is 19.9 Å². The zero-order chi connectivity index (χ0) is 19.9. The van der Waals surface area contributed by atoms with Crippen LogP contribution >= 0.6 is 0 Å². The number of pyridine rings is 1. The number of piperazine rings is 1. The molecule has 1 aromatic carbocycles. The predicted molar refractivity (Wildman–Crippen MR) is 116 cm³/mol. The number of rotatable bonds is 5. The van der Waals surface area contributed by atoms with Crippen LogP contribution in [0.2, 0.25) is 0 Å². The van der Waals surface area contributed by atoms with E-state index >= 15 is 0 Å². The Bertz CT molecular complexity index is 799. The Morgan fingerprint density at radius 1 is 1.11 bits per heavy atom. The Morgan fingerprint density at radius 3 is 2.54 bits per heavy atom. The van der Waals surface area contributed by atoms with Gasteiger partial charge < -0.3 is 24.8 Å². The van der Waals surface area contributed by atoms with Gasteiger partial charge in [0, 0.05) is 47.3 Å². The van der Waals surface area contributed by atoms with E-state index in [1.165, 1.54) is 0 Å². The van der Waals surface area contributed by atoms with Crippen molar-refractivity contribution in [1.82, 2.24) is 15.2 Å². The van der Waals surface area contributed by atoms with Crippen LogP contribution in [0.1, 0.15) is 5.69 Å². The average molecular weight is 383 g/mol. The largest absolute Gasteiger partial charge is 0.495 e. The fourth-order valence-electron chi connectivity index (χ4n) is 3.37. The quantitative estimate of drug-likeness (QED) is 0.631. The third-order valence-electron chi connectivity index (χ3n) is 4.89. The second kappa shape index (κ2) is 9.30. The highest BCUT2D eigenvalue weighted by atomic mass is 16.5. The topological polar surface area (TPSA) is 56.2 Å². The van der Waals surface area contributed by atoms with Gasteiger partial charge in [-0.2, -0.15) is 0 Å². The van der Waals surface area contributed by atoms with Crippen LogP contribution in [0, 0.1) is 0 Å². The van der Waals surface area contributed by atoms with Crippen molar-refractivity contribution >= 4 is 17.5 Å². The first-order chi connectivity index (χ1) is 13.6. The summed E-state index contributed by atoms with van der Waals surface area (Å²) in [4.78, 5) is 15.8. The number of nitrogens with one attached hydrogen (secondary N) is 1. The molecule has 1 saturated heterocycles. The number of anilines is 2. The molecule has 0 amide bonds. The zero-order valence-corrected chi connectivity index (χ0v) is 17.2. The lowest BCUT2D eigenvalue weighted by atomic mass is 10.2. The van der Waals surface area contributed by atoms with Crippen LogP contribution in [-0.4, -0.2) is 70.3 Å². The smallest absolute Gasteiger partial charge is 0.194 e. The molecule has 2 heterocycles. The molecule has 2 aromatic rings. The predicted octanol–water partition coefficient (Wildman–Crippen LogP) is 2.05. The van der Waals surface area contributed by atoms with E-state index in [0.717, 1.165) is 55.1 Å². The minimum absolute atomic E-state index is 0.654. The van der Waals surface area contributed by atoms with Crippen LogP contribution in [0.5, 0.6) is 5.75 Å². The van der Waals surface area contributed by atoms with Gasteiger partial charge in [-0.3, -0.25) is 4.99 Å². The molecule has 150 valence electrons. The number of para-hydroxylation sites is 2. The second-order valence-electron chi connectivity index (χ2n) is 6.93. The van der Waals surface area contributed by atoms with Crippen LogP contribution in [0.4, 0.5) is 11.5 Å². The minimum Gasteiger partial charge on any atom is -0.495 e. The molecule has 28 heavy (non-hydrogen) atoms. The zero-order valence-electron chi connectivity index (χ0n) is 17.2. The van der Waals surface area contributed by atoms with Crippen molar-refractivity contribution in [2.75, 3.05) is 64.2 Å². The number of nitrogens with zero attached hydrogens (tertiary/aromatic N) is 5. The van der Waals surface area contributed by atoms with Gasteiger partial charge in [0.2, 0.25) is 0 Å². The van der Waals surface area contributed by atoms with Gasteiger partial charge in [0.1, 0.15) is 11.6 Å². The Balaban J connectivity index is 1.57. The van der Waals surface area contributed by atoms with E-state index in [-0.39, 0.29) is 0 Å². The molecule has 1 N–H and O–H groups in total. The lowest BCUT2D eigenvalue weighted by molar-refractivity contribution is 0.367. The van der Waals surface area contributed by atoms with E-state index in [4.69, 9.17) is 4.74 Å². The highest BCUT2D eigenvalue weighted by Gasteiger charge is 2.21. The molecule has 3 rings (SSSR count). The Labute approximate surface area is 167 Å². The van der Waals surface area contributed by atoms with Crippen molar-refractivity contribution in [3.05, 3.63) is 48.2 Å². The molecule has 1 aromatic heterocycles. The molecule has 0 unspecified atom stereocenters. The van der Waals surface area contributed by atoms with E-state index < -0.39 is 0 Å². The van der Waals surface area contributed by atoms with Gasteiger partial charge >= 0.3 is 0 Å². The number of ether oxygens (including phenoxy) is 1. The van der Waals surface area contributed by atoms with E-state index in [9.17, 15) is 0 Å². The number of hydrogen-bond acceptors (Lipinski definition) is 5. The second-order valence-corrected chi connectivity index (χ2v) is 6.93. The maximum absolute atomic E-state index is 5.51. The lowest BCUT2D eigenvalue weighted by Crippen LogP contribution is -2.52. The number of aliphatic imine (C=N–C) groups is 1. The fourth-order valence-corrected chi connectivity index (χ4v) is 3.37. The third kappa shape index (κ3) is 4.65. The van der Waals surface area contributed by atoms with Crippen LogP contribution in [0.25, 0.3) is 0 Å². The maximum Gasteiger partial charge on any atom is 0.194 e. The summed E-state index contributed by atoms with van der Waals surface area (Å²) in [5.41, 5.74) is 2.15. The van der Waals surface area contributed by atoms with Gasteiger partial charge in [0.05, 0.1) is 25.0 Å². The SMILES string of the molecule is CN=C(NCc1cccc(N(C)C)n1)N1CCN(c2ccccc2OC)CC1. The number of benzene rings is 1. The van der Waals surface area contributed by atoms with Gasteiger partial charge in [-0.15, -0.1) is 0 Å². The van der Waals surface area contributed by atoms with Crippen LogP contribution in [-0.2, 0) is 6.54 Å². The summed E-state index contributed by atoms with van der Waals surface area (Å²) in [5.74, 6) is 2.79. The first-order valence-corrected chi connectivity index (χ1v) is 9.59. The average Bonchev–Trinajstić information content (AvgIpc) is 2.75. The molecule has 1 aliphatic rings. The van der Waals surface area contributed by atoms with Gasteiger partial charge in [0.25, 0.3) is 0 Å². The number of hydrogen-bond donors (Lipinski definition) is 1. The van der Waals surface area contributed by atoms with Gasteiger partial charge in [-0.05, 0) is 24.3 Å². The van der Waals surface area contributed by atoms with Gasteiger partial charge in [-0.25, -0.2) is 4.98 Å². The van der Waals surface area contributed by atoms with E-state index in [1.807, 2.05) is 56.4 Å². The highest BCUT2D eigenvalue weighted by Crippen LogP contribution is 2.28. The van der Waals surface area contributed by atoms with Crippen molar-refractivity contribution in [2.24, 2.45) is 4.99 Å². The first kappa shape index (κ1) is 19.8.